The van der Waals surface area contributed by atoms with Crippen LogP contribution in [-0.2, 0) is 0 Å². The molecule has 0 N–H and O–H groups in total. The van der Waals surface area contributed by atoms with Crippen molar-refractivity contribution in [2.45, 2.75) is 0 Å². The lowest BCUT2D eigenvalue weighted by molar-refractivity contribution is 0.817. The summed E-state index contributed by atoms with van der Waals surface area (Å²) in [4.78, 5) is 0. The molecule has 0 aliphatic rings. The molecule has 0 aliphatic heterocycles. The van der Waals surface area contributed by atoms with E-state index in [1.807, 2.05) is 0 Å². The lowest BCUT2D eigenvalue weighted by atomic mass is 10.5. The molecule has 0 heterocycles. The van der Waals surface area contributed by atoms with E-state index in [1.165, 1.54) is 0 Å². The molecule has 0 aromatic rings. The van der Waals surface area contributed by atoms with Crippen molar-refractivity contribution >= 4 is 31.9 Å². The minimum atomic E-state index is 0.657. The van der Waals surface area contributed by atoms with Crippen LogP contribution in [0.25, 0.3) is 0 Å². The highest BCUT2D eigenvalue weighted by Gasteiger charge is 1.89. The topological polar surface area (TPSA) is 14.1 Å². The zero-order valence-electron chi connectivity index (χ0n) is 5.03. The van der Waals surface area contributed by atoms with Crippen molar-refractivity contribution in [2.75, 3.05) is 13.1 Å². The van der Waals surface area contributed by atoms with Crippen molar-refractivity contribution in [1.82, 2.24) is 5.32 Å². The summed E-state index contributed by atoms with van der Waals surface area (Å²) < 4.78 is 1.80. The van der Waals surface area contributed by atoms with Crippen molar-refractivity contribution < 1.29 is 0 Å². The highest BCUT2D eigenvalue weighted by atomic mass is 79.9. The Hall–Kier alpha value is 0.400. The maximum absolute atomic E-state index is 4.08. The third-order valence-electron chi connectivity index (χ3n) is 0.567. The van der Waals surface area contributed by atoms with E-state index in [0.717, 1.165) is 8.96 Å². The molecule has 9 heavy (non-hydrogen) atoms. The molecule has 3 heteroatoms. The van der Waals surface area contributed by atoms with Crippen LogP contribution in [0.1, 0.15) is 0 Å². The molecule has 0 aromatic carbocycles. The number of hydrogen-bond donors (Lipinski definition) is 0. The van der Waals surface area contributed by atoms with Gasteiger partial charge in [0.05, 0.1) is 0 Å². The SMILES string of the molecule is C=C(Br)C[N]CC(=C)Br. The Morgan fingerprint density at radius 2 is 1.44 bits per heavy atom. The molecule has 0 amide bonds. The predicted molar refractivity (Wildman–Crippen MR) is 48.0 cm³/mol. The van der Waals surface area contributed by atoms with E-state index in [2.05, 4.69) is 50.3 Å². The zero-order chi connectivity index (χ0) is 7.28. The third kappa shape index (κ3) is 8.40. The Morgan fingerprint density at radius 3 is 1.67 bits per heavy atom. The van der Waals surface area contributed by atoms with E-state index < -0.39 is 0 Å². The van der Waals surface area contributed by atoms with Crippen molar-refractivity contribution in [3.05, 3.63) is 22.1 Å². The lowest BCUT2D eigenvalue weighted by Gasteiger charge is -1.96. The summed E-state index contributed by atoms with van der Waals surface area (Å²) in [6, 6.07) is 0. The third-order valence-corrected chi connectivity index (χ3v) is 1.07. The molecular weight excluding hydrogens is 246 g/mol. The maximum atomic E-state index is 4.08. The average Bonchev–Trinajstić information content (AvgIpc) is 1.63. The minimum absolute atomic E-state index is 0.657. The molecule has 0 saturated carbocycles. The van der Waals surface area contributed by atoms with Crippen LogP contribution >= 0.6 is 31.9 Å². The highest BCUT2D eigenvalue weighted by molar-refractivity contribution is 9.12. The van der Waals surface area contributed by atoms with Crippen LogP contribution in [0.2, 0.25) is 0 Å². The second-order valence-corrected chi connectivity index (χ2v) is 3.82. The fourth-order valence-corrected chi connectivity index (χ4v) is 0.653. The van der Waals surface area contributed by atoms with Crippen molar-refractivity contribution in [2.24, 2.45) is 0 Å². The monoisotopic (exact) mass is 252 g/mol. The van der Waals surface area contributed by atoms with Crippen LogP contribution in [0.5, 0.6) is 0 Å². The van der Waals surface area contributed by atoms with E-state index in [4.69, 9.17) is 0 Å². The summed E-state index contributed by atoms with van der Waals surface area (Å²) in [5, 5.41) is 4.08. The molecular formula is C6H8Br2N. The first-order valence-corrected chi connectivity index (χ1v) is 4.01. The smallest absolute Gasteiger partial charge is 0.0448 e. The van der Waals surface area contributed by atoms with Crippen LogP contribution in [0, 0.1) is 0 Å². The van der Waals surface area contributed by atoms with Crippen molar-refractivity contribution in [1.29, 1.82) is 0 Å². The first kappa shape index (κ1) is 9.40. The van der Waals surface area contributed by atoms with Crippen molar-refractivity contribution in [3.63, 3.8) is 0 Å². The van der Waals surface area contributed by atoms with Gasteiger partial charge in [0, 0.05) is 22.1 Å². The molecule has 51 valence electrons. The molecule has 0 unspecified atom stereocenters. The van der Waals surface area contributed by atoms with Crippen LogP contribution in [0.3, 0.4) is 0 Å². The van der Waals surface area contributed by atoms with Gasteiger partial charge in [-0.15, -0.1) is 0 Å². The zero-order valence-corrected chi connectivity index (χ0v) is 8.20. The van der Waals surface area contributed by atoms with E-state index in [-0.39, 0.29) is 0 Å². The first-order valence-electron chi connectivity index (χ1n) is 2.42. The van der Waals surface area contributed by atoms with Gasteiger partial charge in [0.25, 0.3) is 0 Å². The molecule has 1 nitrogen and oxygen atoms in total. The number of halogens is 2. The van der Waals surface area contributed by atoms with Crippen LogP contribution in [-0.4, -0.2) is 13.1 Å². The van der Waals surface area contributed by atoms with E-state index in [9.17, 15) is 0 Å². The molecule has 0 fully saturated rings. The molecule has 0 rings (SSSR count). The Labute approximate surface area is 72.5 Å². The number of rotatable bonds is 4. The van der Waals surface area contributed by atoms with Gasteiger partial charge in [0.1, 0.15) is 0 Å². The second-order valence-electron chi connectivity index (χ2n) is 1.57. The number of nitrogens with zero attached hydrogens (tertiary/aromatic N) is 1. The molecule has 0 bridgehead atoms. The predicted octanol–water partition coefficient (Wildman–Crippen LogP) is 2.41. The van der Waals surface area contributed by atoms with Gasteiger partial charge >= 0.3 is 0 Å². The molecule has 0 aliphatic carbocycles. The molecule has 0 aromatic heterocycles. The Balaban J connectivity index is 3.10. The maximum Gasteiger partial charge on any atom is 0.0448 e. The average molecular weight is 254 g/mol. The standard InChI is InChI=1S/C6H8Br2N/c1-5(7)3-9-4-6(2)8/h1-4H2. The van der Waals surface area contributed by atoms with Crippen molar-refractivity contribution in [3.8, 4) is 0 Å². The van der Waals surface area contributed by atoms with Gasteiger partial charge in [-0.2, -0.15) is 0 Å². The lowest BCUT2D eigenvalue weighted by Crippen LogP contribution is -2.07. The summed E-state index contributed by atoms with van der Waals surface area (Å²) in [6.45, 7) is 8.57. The van der Waals surface area contributed by atoms with Gasteiger partial charge < -0.3 is 0 Å². The normalized spacial score (nSPS) is 9.11. The highest BCUT2D eigenvalue weighted by Crippen LogP contribution is 2.01. The van der Waals surface area contributed by atoms with Gasteiger partial charge in [-0.1, -0.05) is 45.0 Å². The largest absolute Gasteiger partial charge is 0.231 e. The first-order chi connectivity index (χ1) is 4.13. The molecule has 1 radical (unpaired) electrons. The summed E-state index contributed by atoms with van der Waals surface area (Å²) in [7, 11) is 0. The molecule has 0 spiro atoms. The summed E-state index contributed by atoms with van der Waals surface area (Å²) >= 11 is 6.38. The van der Waals surface area contributed by atoms with Crippen LogP contribution in [0.4, 0.5) is 0 Å². The Bertz CT molecular complexity index is 106. The summed E-state index contributed by atoms with van der Waals surface area (Å²) in [5.74, 6) is 0. The fourth-order valence-electron chi connectivity index (χ4n) is 0.299. The Kier molecular flexibility index (Phi) is 5.44. The van der Waals surface area contributed by atoms with Gasteiger partial charge in [-0.25, -0.2) is 5.32 Å². The molecule has 0 atom stereocenters. The van der Waals surface area contributed by atoms with E-state index in [1.54, 1.807) is 0 Å². The van der Waals surface area contributed by atoms with Gasteiger partial charge in [0.2, 0.25) is 0 Å². The summed E-state index contributed by atoms with van der Waals surface area (Å²) in [5.41, 5.74) is 0. The number of hydrogen-bond acceptors (Lipinski definition) is 0. The van der Waals surface area contributed by atoms with Gasteiger partial charge in [0.15, 0.2) is 0 Å². The fraction of sp³-hybridized carbons (Fsp3) is 0.333. The minimum Gasteiger partial charge on any atom is -0.231 e. The Morgan fingerprint density at radius 1 is 1.11 bits per heavy atom. The van der Waals surface area contributed by atoms with E-state index >= 15 is 0 Å². The van der Waals surface area contributed by atoms with Crippen LogP contribution < -0.4 is 5.32 Å². The summed E-state index contributed by atoms with van der Waals surface area (Å²) in [6.07, 6.45) is 0. The van der Waals surface area contributed by atoms with E-state index in [0.29, 0.717) is 13.1 Å². The van der Waals surface area contributed by atoms with Gasteiger partial charge in [-0.05, 0) is 0 Å². The quantitative estimate of drug-likeness (QED) is 0.731. The molecule has 0 saturated heterocycles. The van der Waals surface area contributed by atoms with Crippen LogP contribution in [0.15, 0.2) is 22.1 Å². The van der Waals surface area contributed by atoms with Gasteiger partial charge in [-0.3, -0.25) is 0 Å². The second kappa shape index (κ2) is 5.21.